The Morgan fingerprint density at radius 2 is 2.16 bits per heavy atom. The molecule has 0 radical (unpaired) electrons. The molecule has 2 rings (SSSR count). The van der Waals surface area contributed by atoms with Crippen LogP contribution >= 0.6 is 15.9 Å². The summed E-state index contributed by atoms with van der Waals surface area (Å²) in [6.45, 7) is 0. The maximum atomic E-state index is 11.0. The minimum absolute atomic E-state index is 0.0935. The highest BCUT2D eigenvalue weighted by atomic mass is 79.9. The Kier molecular flexibility index (Phi) is 3.91. The van der Waals surface area contributed by atoms with Gasteiger partial charge in [-0.2, -0.15) is 0 Å². The first-order valence-electron chi connectivity index (χ1n) is 5.17. The van der Waals surface area contributed by atoms with Crippen LogP contribution in [-0.4, -0.2) is 22.0 Å². The van der Waals surface area contributed by atoms with Crippen LogP contribution in [0.1, 0.15) is 0 Å². The van der Waals surface area contributed by atoms with Crippen molar-refractivity contribution in [3.8, 4) is 5.75 Å². The Bertz CT molecular complexity index is 603. The quantitative estimate of drug-likeness (QED) is 0.687. The van der Waals surface area contributed by atoms with Crippen molar-refractivity contribution in [1.29, 1.82) is 0 Å². The number of hydrogen-bond acceptors (Lipinski definition) is 6. The number of hydrogen-bond donors (Lipinski definition) is 1. The summed E-state index contributed by atoms with van der Waals surface area (Å²) in [4.78, 5) is 18.5. The number of benzene rings is 1. The van der Waals surface area contributed by atoms with Gasteiger partial charge < -0.3 is 10.1 Å². The SMILES string of the molecule is COc1ccc(Nc2cnc(Br)cn2)c([N+](=O)[O-])c1. The second-order valence-corrected chi connectivity index (χ2v) is 4.30. The van der Waals surface area contributed by atoms with Gasteiger partial charge in [0.2, 0.25) is 0 Å². The van der Waals surface area contributed by atoms with Crippen molar-refractivity contribution in [3.05, 3.63) is 45.3 Å². The van der Waals surface area contributed by atoms with Crippen LogP contribution in [0, 0.1) is 10.1 Å². The molecule has 0 saturated heterocycles. The lowest BCUT2D eigenvalue weighted by Gasteiger charge is -2.07. The zero-order chi connectivity index (χ0) is 13.8. The molecule has 0 amide bonds. The second-order valence-electron chi connectivity index (χ2n) is 3.49. The predicted molar refractivity (Wildman–Crippen MR) is 72.7 cm³/mol. The molecule has 2 aromatic rings. The van der Waals surface area contributed by atoms with E-state index in [9.17, 15) is 10.1 Å². The van der Waals surface area contributed by atoms with Crippen LogP contribution < -0.4 is 10.1 Å². The standard InChI is InChI=1S/C11H9BrN4O3/c1-19-7-2-3-8(9(4-7)16(17)18)15-11-6-13-10(12)5-14-11/h2-6H,1H3,(H,14,15). The topological polar surface area (TPSA) is 90.2 Å². The van der Waals surface area contributed by atoms with Gasteiger partial charge in [0.1, 0.15) is 21.9 Å². The molecule has 0 aliphatic heterocycles. The molecule has 1 heterocycles. The number of nitro benzene ring substituents is 1. The number of methoxy groups -OCH3 is 1. The Morgan fingerprint density at radius 3 is 2.74 bits per heavy atom. The third-order valence-corrected chi connectivity index (χ3v) is 2.69. The summed E-state index contributed by atoms with van der Waals surface area (Å²) in [5.74, 6) is 0.829. The second kappa shape index (κ2) is 5.61. The van der Waals surface area contributed by atoms with E-state index in [2.05, 4.69) is 31.2 Å². The minimum atomic E-state index is -0.489. The lowest BCUT2D eigenvalue weighted by atomic mass is 10.2. The minimum Gasteiger partial charge on any atom is -0.496 e. The van der Waals surface area contributed by atoms with Crippen LogP contribution in [0.25, 0.3) is 0 Å². The highest BCUT2D eigenvalue weighted by molar-refractivity contribution is 9.10. The van der Waals surface area contributed by atoms with Gasteiger partial charge in [-0.25, -0.2) is 9.97 Å². The van der Waals surface area contributed by atoms with Gasteiger partial charge in [0.05, 0.1) is 30.5 Å². The van der Waals surface area contributed by atoms with Crippen LogP contribution in [0.15, 0.2) is 35.2 Å². The van der Waals surface area contributed by atoms with E-state index in [0.717, 1.165) is 0 Å². The first kappa shape index (κ1) is 13.2. The first-order chi connectivity index (χ1) is 9.10. The van der Waals surface area contributed by atoms with Crippen molar-refractivity contribution in [3.63, 3.8) is 0 Å². The van der Waals surface area contributed by atoms with Crippen LogP contribution in [0.5, 0.6) is 5.75 Å². The van der Waals surface area contributed by atoms with Gasteiger partial charge in [0.15, 0.2) is 0 Å². The number of nitrogens with one attached hydrogen (secondary N) is 1. The molecule has 0 atom stereocenters. The fourth-order valence-corrected chi connectivity index (χ4v) is 1.61. The highest BCUT2D eigenvalue weighted by Gasteiger charge is 2.15. The van der Waals surface area contributed by atoms with E-state index in [-0.39, 0.29) is 5.69 Å². The molecule has 0 fully saturated rings. The number of nitrogens with zero attached hydrogens (tertiary/aromatic N) is 3. The van der Waals surface area contributed by atoms with Crippen molar-refractivity contribution in [2.24, 2.45) is 0 Å². The third kappa shape index (κ3) is 3.16. The molecule has 8 heteroatoms. The smallest absolute Gasteiger partial charge is 0.296 e. The molecule has 1 N–H and O–H groups in total. The Balaban J connectivity index is 2.33. The number of nitro groups is 1. The van der Waals surface area contributed by atoms with E-state index < -0.39 is 4.92 Å². The number of anilines is 2. The van der Waals surface area contributed by atoms with Gasteiger partial charge in [-0.05, 0) is 28.1 Å². The lowest BCUT2D eigenvalue weighted by molar-refractivity contribution is -0.384. The molecule has 0 saturated carbocycles. The lowest BCUT2D eigenvalue weighted by Crippen LogP contribution is -1.99. The van der Waals surface area contributed by atoms with Crippen LogP contribution in [0.3, 0.4) is 0 Å². The number of rotatable bonds is 4. The summed E-state index contributed by atoms with van der Waals surface area (Å²) >= 11 is 3.16. The maximum absolute atomic E-state index is 11.0. The molecule has 7 nitrogen and oxygen atoms in total. The fraction of sp³-hybridized carbons (Fsp3) is 0.0909. The number of halogens is 1. The van der Waals surface area contributed by atoms with Crippen molar-refractivity contribution >= 4 is 33.1 Å². The largest absolute Gasteiger partial charge is 0.496 e. The van der Waals surface area contributed by atoms with Crippen LogP contribution in [0.2, 0.25) is 0 Å². The van der Waals surface area contributed by atoms with Crippen molar-refractivity contribution < 1.29 is 9.66 Å². The molecular weight excluding hydrogens is 316 g/mol. The monoisotopic (exact) mass is 324 g/mol. The van der Waals surface area contributed by atoms with E-state index in [1.807, 2.05) is 0 Å². The average Bonchev–Trinajstić information content (AvgIpc) is 2.41. The van der Waals surface area contributed by atoms with Gasteiger partial charge in [0, 0.05) is 0 Å². The number of aromatic nitrogens is 2. The van der Waals surface area contributed by atoms with Gasteiger partial charge in [-0.15, -0.1) is 0 Å². The maximum Gasteiger partial charge on any atom is 0.296 e. The summed E-state index contributed by atoms with van der Waals surface area (Å²) in [7, 11) is 1.45. The van der Waals surface area contributed by atoms with Crippen LogP contribution in [0.4, 0.5) is 17.2 Å². The molecule has 98 valence electrons. The number of ether oxygens (including phenoxy) is 1. The summed E-state index contributed by atoms with van der Waals surface area (Å²) in [6.07, 6.45) is 2.97. The molecule has 19 heavy (non-hydrogen) atoms. The first-order valence-corrected chi connectivity index (χ1v) is 5.96. The molecule has 0 spiro atoms. The Morgan fingerprint density at radius 1 is 1.37 bits per heavy atom. The Labute approximate surface area is 116 Å². The molecule has 0 aliphatic rings. The molecule has 0 unspecified atom stereocenters. The average molecular weight is 325 g/mol. The summed E-state index contributed by atoms with van der Waals surface area (Å²) in [5, 5.41) is 13.8. The van der Waals surface area contributed by atoms with Crippen molar-refractivity contribution in [1.82, 2.24) is 9.97 Å². The van der Waals surface area contributed by atoms with Crippen molar-refractivity contribution in [2.75, 3.05) is 12.4 Å². The van der Waals surface area contributed by atoms with Gasteiger partial charge in [-0.3, -0.25) is 10.1 Å². The fourth-order valence-electron chi connectivity index (χ4n) is 1.41. The van der Waals surface area contributed by atoms with Gasteiger partial charge in [-0.1, -0.05) is 0 Å². The predicted octanol–water partition coefficient (Wildman–Crippen LogP) is 2.90. The molecular formula is C11H9BrN4O3. The van der Waals surface area contributed by atoms with Crippen LogP contribution in [-0.2, 0) is 0 Å². The zero-order valence-corrected chi connectivity index (χ0v) is 11.4. The van der Waals surface area contributed by atoms with Gasteiger partial charge >= 0.3 is 0 Å². The van der Waals surface area contributed by atoms with E-state index in [1.54, 1.807) is 12.1 Å². The molecule has 0 bridgehead atoms. The van der Waals surface area contributed by atoms with Crippen molar-refractivity contribution in [2.45, 2.75) is 0 Å². The zero-order valence-electron chi connectivity index (χ0n) is 9.83. The van der Waals surface area contributed by atoms with Gasteiger partial charge in [0.25, 0.3) is 5.69 Å². The highest BCUT2D eigenvalue weighted by Crippen LogP contribution is 2.30. The third-order valence-electron chi connectivity index (χ3n) is 2.28. The Hall–Kier alpha value is -2.22. The van der Waals surface area contributed by atoms with E-state index in [1.165, 1.54) is 25.6 Å². The molecule has 1 aromatic carbocycles. The summed E-state index contributed by atoms with van der Waals surface area (Å²) in [6, 6.07) is 4.52. The normalized spacial score (nSPS) is 10.0. The molecule has 0 aliphatic carbocycles. The summed E-state index contributed by atoms with van der Waals surface area (Å²) < 4.78 is 5.54. The molecule has 1 aromatic heterocycles. The summed E-state index contributed by atoms with van der Waals surface area (Å²) in [5.41, 5.74) is 0.228. The van der Waals surface area contributed by atoms with E-state index in [4.69, 9.17) is 4.74 Å². The van der Waals surface area contributed by atoms with E-state index >= 15 is 0 Å². The van der Waals surface area contributed by atoms with E-state index in [0.29, 0.717) is 21.9 Å².